The van der Waals surface area contributed by atoms with Crippen molar-refractivity contribution in [1.29, 1.82) is 0 Å². The Labute approximate surface area is 107 Å². The zero-order chi connectivity index (χ0) is 13.6. The predicted molar refractivity (Wildman–Crippen MR) is 67.9 cm³/mol. The van der Waals surface area contributed by atoms with E-state index in [1.807, 2.05) is 5.48 Å². The molecule has 0 aromatic heterocycles. The van der Waals surface area contributed by atoms with E-state index in [0.29, 0.717) is 5.69 Å². The molecule has 0 spiro atoms. The molecule has 0 radical (unpaired) electrons. The fourth-order valence-corrected chi connectivity index (χ4v) is 2.26. The van der Waals surface area contributed by atoms with Gasteiger partial charge >= 0.3 is 10.3 Å². The number of nitrogens with one attached hydrogen (secondary N) is 1. The fraction of sp³-hybridized carbons (Fsp3) is 0.364. The van der Waals surface area contributed by atoms with Crippen molar-refractivity contribution in [3.63, 3.8) is 0 Å². The number of carbonyl (C=O) groups is 1. The normalized spacial score (nSPS) is 11.0. The van der Waals surface area contributed by atoms with Crippen molar-refractivity contribution >= 4 is 21.9 Å². The maximum atomic E-state index is 11.9. The molecule has 0 atom stereocenters. The molecule has 7 heteroatoms. The SMILES string of the molecule is CCC(=O)NOS(=O)(=O)N(CC)c1ccccc1. The number of nitrogens with zero attached hydrogens (tertiary/aromatic N) is 1. The highest BCUT2D eigenvalue weighted by atomic mass is 32.2. The van der Waals surface area contributed by atoms with Gasteiger partial charge in [-0.1, -0.05) is 25.1 Å². The Balaban J connectivity index is 2.85. The molecule has 1 aromatic rings. The van der Waals surface area contributed by atoms with Crippen LogP contribution in [-0.2, 0) is 19.4 Å². The number of carbonyl (C=O) groups excluding carboxylic acids is 1. The van der Waals surface area contributed by atoms with Gasteiger partial charge in [-0.05, 0) is 19.1 Å². The maximum Gasteiger partial charge on any atom is 0.383 e. The van der Waals surface area contributed by atoms with Crippen molar-refractivity contribution in [2.75, 3.05) is 10.8 Å². The summed E-state index contributed by atoms with van der Waals surface area (Å²) in [7, 11) is -4.03. The van der Waals surface area contributed by atoms with Gasteiger partial charge in [0.25, 0.3) is 0 Å². The molecule has 18 heavy (non-hydrogen) atoms. The topological polar surface area (TPSA) is 75.7 Å². The molecule has 0 saturated heterocycles. The monoisotopic (exact) mass is 272 g/mol. The largest absolute Gasteiger partial charge is 0.383 e. The van der Waals surface area contributed by atoms with E-state index >= 15 is 0 Å². The van der Waals surface area contributed by atoms with Crippen molar-refractivity contribution in [1.82, 2.24) is 5.48 Å². The quantitative estimate of drug-likeness (QED) is 0.790. The third-order valence-corrected chi connectivity index (χ3v) is 3.49. The van der Waals surface area contributed by atoms with E-state index in [-0.39, 0.29) is 13.0 Å². The summed E-state index contributed by atoms with van der Waals surface area (Å²) < 4.78 is 29.3. The van der Waals surface area contributed by atoms with Crippen molar-refractivity contribution in [3.05, 3.63) is 30.3 Å². The van der Waals surface area contributed by atoms with E-state index in [2.05, 4.69) is 4.28 Å². The molecule has 1 rings (SSSR count). The minimum atomic E-state index is -4.03. The van der Waals surface area contributed by atoms with Gasteiger partial charge in [-0.3, -0.25) is 4.79 Å². The number of amides is 1. The molecule has 1 aromatic carbocycles. The fourth-order valence-electron chi connectivity index (χ4n) is 1.28. The van der Waals surface area contributed by atoms with E-state index < -0.39 is 16.2 Å². The minimum Gasteiger partial charge on any atom is -0.273 e. The Morgan fingerprint density at radius 2 is 1.89 bits per heavy atom. The Morgan fingerprint density at radius 3 is 2.39 bits per heavy atom. The van der Waals surface area contributed by atoms with Crippen LogP contribution in [-0.4, -0.2) is 20.9 Å². The summed E-state index contributed by atoms with van der Waals surface area (Å²) in [6.45, 7) is 3.48. The van der Waals surface area contributed by atoms with Gasteiger partial charge in [-0.25, -0.2) is 9.79 Å². The molecule has 1 amide bonds. The van der Waals surface area contributed by atoms with Gasteiger partial charge < -0.3 is 0 Å². The van der Waals surface area contributed by atoms with Crippen LogP contribution in [0.4, 0.5) is 5.69 Å². The van der Waals surface area contributed by atoms with E-state index in [4.69, 9.17) is 0 Å². The van der Waals surface area contributed by atoms with Gasteiger partial charge in [0.05, 0.1) is 5.69 Å². The van der Waals surface area contributed by atoms with Crippen molar-refractivity contribution in [2.24, 2.45) is 0 Å². The smallest absolute Gasteiger partial charge is 0.273 e. The maximum absolute atomic E-state index is 11.9. The van der Waals surface area contributed by atoms with Gasteiger partial charge in [-0.2, -0.15) is 8.42 Å². The summed E-state index contributed by atoms with van der Waals surface area (Å²) in [4.78, 5) is 11.0. The van der Waals surface area contributed by atoms with Crippen molar-refractivity contribution in [2.45, 2.75) is 20.3 Å². The van der Waals surface area contributed by atoms with Crippen LogP contribution in [0.25, 0.3) is 0 Å². The molecule has 1 N–H and O–H groups in total. The number of anilines is 1. The molecule has 0 aliphatic carbocycles. The summed E-state index contributed by atoms with van der Waals surface area (Å²) in [5, 5.41) is 0. The Morgan fingerprint density at radius 1 is 1.28 bits per heavy atom. The molecule has 6 nitrogen and oxygen atoms in total. The first-order valence-electron chi connectivity index (χ1n) is 5.56. The van der Waals surface area contributed by atoms with Crippen LogP contribution in [0.3, 0.4) is 0 Å². The van der Waals surface area contributed by atoms with Crippen LogP contribution in [0, 0.1) is 0 Å². The molecular formula is C11H16N2O4S. The molecule has 0 aliphatic rings. The summed E-state index contributed by atoms with van der Waals surface area (Å²) in [5.41, 5.74) is 2.37. The average Bonchev–Trinajstić information content (AvgIpc) is 2.38. The second-order valence-corrected chi connectivity index (χ2v) is 4.88. The number of hydrogen-bond donors (Lipinski definition) is 1. The number of rotatable bonds is 6. The number of hydroxylamine groups is 1. The Hall–Kier alpha value is -1.60. The molecule has 0 fully saturated rings. The first-order chi connectivity index (χ1) is 8.51. The van der Waals surface area contributed by atoms with Crippen LogP contribution in [0.5, 0.6) is 0 Å². The summed E-state index contributed by atoms with van der Waals surface area (Å²) in [6.07, 6.45) is 0.146. The highest BCUT2D eigenvalue weighted by molar-refractivity contribution is 7.88. The number of hydrogen-bond acceptors (Lipinski definition) is 4. The third-order valence-electron chi connectivity index (χ3n) is 2.18. The molecule has 0 saturated carbocycles. The Kier molecular flexibility index (Phi) is 5.11. The lowest BCUT2D eigenvalue weighted by Crippen LogP contribution is -2.37. The number of para-hydroxylation sites is 1. The van der Waals surface area contributed by atoms with Crippen LogP contribution in [0.1, 0.15) is 20.3 Å². The molecule has 0 unspecified atom stereocenters. The molecule has 100 valence electrons. The van der Waals surface area contributed by atoms with Crippen LogP contribution >= 0.6 is 0 Å². The molecule has 0 heterocycles. The first-order valence-corrected chi connectivity index (χ1v) is 6.92. The minimum absolute atomic E-state index is 0.146. The lowest BCUT2D eigenvalue weighted by atomic mass is 10.3. The second-order valence-electron chi connectivity index (χ2n) is 3.42. The van der Waals surface area contributed by atoms with Gasteiger partial charge in [0.1, 0.15) is 0 Å². The average molecular weight is 272 g/mol. The molecule has 0 aliphatic heterocycles. The van der Waals surface area contributed by atoms with Crippen LogP contribution in [0.15, 0.2) is 30.3 Å². The Bertz CT molecular complexity index is 487. The van der Waals surface area contributed by atoms with Gasteiger partial charge in [0.2, 0.25) is 5.91 Å². The van der Waals surface area contributed by atoms with Crippen LogP contribution in [0.2, 0.25) is 0 Å². The summed E-state index contributed by atoms with van der Waals surface area (Å²) in [5.74, 6) is -0.498. The number of benzene rings is 1. The van der Waals surface area contributed by atoms with Crippen LogP contribution < -0.4 is 9.79 Å². The highest BCUT2D eigenvalue weighted by Crippen LogP contribution is 2.17. The zero-order valence-electron chi connectivity index (χ0n) is 10.3. The standard InChI is InChI=1S/C11H16N2O4S/c1-3-11(14)12-17-18(15,16)13(4-2)10-8-6-5-7-9-10/h5-9H,3-4H2,1-2H3,(H,12,14). The highest BCUT2D eigenvalue weighted by Gasteiger charge is 2.22. The van der Waals surface area contributed by atoms with E-state index in [0.717, 1.165) is 4.31 Å². The van der Waals surface area contributed by atoms with E-state index in [1.165, 1.54) is 0 Å². The molecule has 0 bridgehead atoms. The summed E-state index contributed by atoms with van der Waals surface area (Å²) in [6, 6.07) is 8.51. The van der Waals surface area contributed by atoms with Gasteiger partial charge in [-0.15, -0.1) is 4.28 Å². The van der Waals surface area contributed by atoms with Gasteiger partial charge in [0.15, 0.2) is 0 Å². The van der Waals surface area contributed by atoms with Crippen molar-refractivity contribution < 1.29 is 17.5 Å². The van der Waals surface area contributed by atoms with Crippen molar-refractivity contribution in [3.8, 4) is 0 Å². The molecular weight excluding hydrogens is 256 g/mol. The first kappa shape index (κ1) is 14.5. The van der Waals surface area contributed by atoms with E-state index in [1.54, 1.807) is 44.2 Å². The lowest BCUT2D eigenvalue weighted by molar-refractivity contribution is -0.127. The second kappa shape index (κ2) is 6.36. The predicted octanol–water partition coefficient (Wildman–Crippen LogP) is 1.22. The van der Waals surface area contributed by atoms with Gasteiger partial charge in [0, 0.05) is 13.0 Å². The lowest BCUT2D eigenvalue weighted by Gasteiger charge is -2.21. The zero-order valence-corrected chi connectivity index (χ0v) is 11.1. The third kappa shape index (κ3) is 3.71. The summed E-state index contributed by atoms with van der Waals surface area (Å²) >= 11 is 0. The van der Waals surface area contributed by atoms with E-state index in [9.17, 15) is 13.2 Å².